The van der Waals surface area contributed by atoms with Gasteiger partial charge >= 0.3 is 0 Å². The minimum absolute atomic E-state index is 0.134. The van der Waals surface area contributed by atoms with Crippen LogP contribution in [0.5, 0.6) is 0 Å². The van der Waals surface area contributed by atoms with Crippen molar-refractivity contribution >= 4 is 17.0 Å². The molecule has 2 heterocycles. The molecule has 1 fully saturated rings. The second kappa shape index (κ2) is 7.21. The average Bonchev–Trinajstić information content (AvgIpc) is 3.03. The smallest absolute Gasteiger partial charge is 0.269 e. The fourth-order valence-electron chi connectivity index (χ4n) is 2.83. The van der Waals surface area contributed by atoms with Gasteiger partial charge in [-0.25, -0.2) is 0 Å². The number of thiophene rings is 1. The van der Waals surface area contributed by atoms with Gasteiger partial charge in [0, 0.05) is 34.5 Å². The van der Waals surface area contributed by atoms with Gasteiger partial charge in [-0.1, -0.05) is 0 Å². The summed E-state index contributed by atoms with van der Waals surface area (Å²) in [6, 6.07) is 11.6. The summed E-state index contributed by atoms with van der Waals surface area (Å²) in [6.45, 7) is 3.22. The maximum absolute atomic E-state index is 10.7. The third kappa shape index (κ3) is 4.16. The van der Waals surface area contributed by atoms with E-state index < -0.39 is 0 Å². The molecule has 1 saturated heterocycles. The first-order valence-electron chi connectivity index (χ1n) is 7.87. The van der Waals surface area contributed by atoms with Crippen molar-refractivity contribution in [1.29, 1.82) is 0 Å². The molecule has 1 aliphatic heterocycles. The molecule has 0 unspecified atom stereocenters. The van der Waals surface area contributed by atoms with E-state index in [0.29, 0.717) is 6.04 Å². The van der Waals surface area contributed by atoms with Gasteiger partial charge in [-0.2, -0.15) is 0 Å². The highest BCUT2D eigenvalue weighted by molar-refractivity contribution is 7.15. The number of piperidine rings is 1. The Morgan fingerprint density at radius 1 is 1.22 bits per heavy atom. The summed E-state index contributed by atoms with van der Waals surface area (Å²) in [6.07, 6.45) is 2.41. The van der Waals surface area contributed by atoms with E-state index in [2.05, 4.69) is 29.4 Å². The standard InChI is InChI=1S/C17H21N3O2S/c1-19-10-8-14(9-11-19)18-12-16-6-7-17(23-16)13-2-4-15(5-3-13)20(21)22/h2-7,14,18H,8-12H2,1H3. The molecule has 0 atom stereocenters. The number of benzene rings is 1. The van der Waals surface area contributed by atoms with Crippen LogP contribution >= 0.6 is 11.3 Å². The summed E-state index contributed by atoms with van der Waals surface area (Å²) in [5.41, 5.74) is 1.17. The van der Waals surface area contributed by atoms with Gasteiger partial charge in [0.15, 0.2) is 0 Å². The number of hydrogen-bond acceptors (Lipinski definition) is 5. The van der Waals surface area contributed by atoms with Crippen LogP contribution in [0.3, 0.4) is 0 Å². The van der Waals surface area contributed by atoms with Gasteiger partial charge in [0.2, 0.25) is 0 Å². The molecular weight excluding hydrogens is 310 g/mol. The van der Waals surface area contributed by atoms with Gasteiger partial charge in [-0.05, 0) is 62.8 Å². The third-order valence-electron chi connectivity index (χ3n) is 4.31. The van der Waals surface area contributed by atoms with Crippen LogP contribution in [0.15, 0.2) is 36.4 Å². The zero-order chi connectivity index (χ0) is 16.2. The summed E-state index contributed by atoms with van der Waals surface area (Å²) in [5.74, 6) is 0. The summed E-state index contributed by atoms with van der Waals surface area (Å²) >= 11 is 1.75. The minimum Gasteiger partial charge on any atom is -0.309 e. The predicted octanol–water partition coefficient (Wildman–Crippen LogP) is 3.51. The summed E-state index contributed by atoms with van der Waals surface area (Å²) in [4.78, 5) is 15.2. The van der Waals surface area contributed by atoms with Crippen molar-refractivity contribution in [3.05, 3.63) is 51.4 Å². The number of likely N-dealkylation sites (tertiary alicyclic amines) is 1. The van der Waals surface area contributed by atoms with E-state index in [1.54, 1.807) is 23.5 Å². The number of non-ortho nitro benzene ring substituents is 1. The van der Waals surface area contributed by atoms with Crippen molar-refractivity contribution < 1.29 is 4.92 Å². The van der Waals surface area contributed by atoms with Crippen LogP contribution < -0.4 is 5.32 Å². The van der Waals surface area contributed by atoms with Crippen molar-refractivity contribution in [2.75, 3.05) is 20.1 Å². The van der Waals surface area contributed by atoms with E-state index in [1.807, 2.05) is 12.1 Å². The molecule has 0 spiro atoms. The molecule has 6 heteroatoms. The van der Waals surface area contributed by atoms with Crippen LogP contribution in [0.2, 0.25) is 0 Å². The molecule has 0 bridgehead atoms. The molecule has 1 N–H and O–H groups in total. The fraction of sp³-hybridized carbons (Fsp3) is 0.412. The van der Waals surface area contributed by atoms with Gasteiger partial charge in [0.25, 0.3) is 5.69 Å². The maximum Gasteiger partial charge on any atom is 0.269 e. The van der Waals surface area contributed by atoms with Gasteiger partial charge < -0.3 is 10.2 Å². The average molecular weight is 331 g/mol. The number of nitro benzene ring substituents is 1. The van der Waals surface area contributed by atoms with Crippen molar-refractivity contribution in [2.24, 2.45) is 0 Å². The van der Waals surface area contributed by atoms with Crippen LogP contribution in [-0.4, -0.2) is 36.0 Å². The molecule has 0 aliphatic carbocycles. The van der Waals surface area contributed by atoms with Crippen LogP contribution in [-0.2, 0) is 6.54 Å². The van der Waals surface area contributed by atoms with E-state index >= 15 is 0 Å². The predicted molar refractivity (Wildman–Crippen MR) is 93.8 cm³/mol. The van der Waals surface area contributed by atoms with Crippen molar-refractivity contribution in [1.82, 2.24) is 10.2 Å². The molecule has 3 rings (SSSR count). The minimum atomic E-state index is -0.366. The SMILES string of the molecule is CN1CCC(NCc2ccc(-c3ccc([N+](=O)[O-])cc3)s2)CC1. The molecule has 2 aromatic rings. The van der Waals surface area contributed by atoms with E-state index in [1.165, 1.54) is 17.7 Å². The van der Waals surface area contributed by atoms with E-state index in [-0.39, 0.29) is 10.6 Å². The zero-order valence-corrected chi connectivity index (χ0v) is 14.0. The second-order valence-corrected chi connectivity index (χ2v) is 7.20. The molecule has 0 amide bonds. The van der Waals surface area contributed by atoms with Crippen LogP contribution in [0, 0.1) is 10.1 Å². The normalized spacial score (nSPS) is 16.6. The zero-order valence-electron chi connectivity index (χ0n) is 13.2. The highest BCUT2D eigenvalue weighted by atomic mass is 32.1. The van der Waals surface area contributed by atoms with E-state index in [0.717, 1.165) is 30.1 Å². The second-order valence-electron chi connectivity index (χ2n) is 6.03. The molecule has 5 nitrogen and oxygen atoms in total. The van der Waals surface area contributed by atoms with Crippen molar-refractivity contribution in [3.63, 3.8) is 0 Å². The first-order valence-corrected chi connectivity index (χ1v) is 8.69. The van der Waals surface area contributed by atoms with Gasteiger partial charge in [0.1, 0.15) is 0 Å². The van der Waals surface area contributed by atoms with E-state index in [4.69, 9.17) is 0 Å². The number of nitrogens with zero attached hydrogens (tertiary/aromatic N) is 2. The number of nitro groups is 1. The highest BCUT2D eigenvalue weighted by Crippen LogP contribution is 2.29. The lowest BCUT2D eigenvalue weighted by Gasteiger charge is -2.29. The first kappa shape index (κ1) is 16.1. The molecule has 122 valence electrons. The van der Waals surface area contributed by atoms with Crippen molar-refractivity contribution in [3.8, 4) is 10.4 Å². The molecule has 23 heavy (non-hydrogen) atoms. The number of rotatable bonds is 5. The number of hydrogen-bond donors (Lipinski definition) is 1. The number of nitrogens with one attached hydrogen (secondary N) is 1. The Hall–Kier alpha value is -1.76. The highest BCUT2D eigenvalue weighted by Gasteiger charge is 2.16. The lowest BCUT2D eigenvalue weighted by molar-refractivity contribution is -0.384. The topological polar surface area (TPSA) is 58.4 Å². The Balaban J connectivity index is 1.58. The monoisotopic (exact) mass is 331 g/mol. The first-order chi connectivity index (χ1) is 11.1. The third-order valence-corrected chi connectivity index (χ3v) is 5.44. The molecular formula is C17H21N3O2S. The Morgan fingerprint density at radius 2 is 1.91 bits per heavy atom. The Morgan fingerprint density at radius 3 is 2.57 bits per heavy atom. The Kier molecular flexibility index (Phi) is 5.05. The lowest BCUT2D eigenvalue weighted by atomic mass is 10.1. The molecule has 1 aromatic heterocycles. The Labute approximate surface area is 140 Å². The van der Waals surface area contributed by atoms with Crippen molar-refractivity contribution in [2.45, 2.75) is 25.4 Å². The summed E-state index contributed by atoms with van der Waals surface area (Å²) in [5, 5.41) is 14.3. The van der Waals surface area contributed by atoms with Crippen LogP contribution in [0.1, 0.15) is 17.7 Å². The van der Waals surface area contributed by atoms with E-state index in [9.17, 15) is 10.1 Å². The maximum atomic E-state index is 10.7. The van der Waals surface area contributed by atoms with Gasteiger partial charge in [-0.3, -0.25) is 10.1 Å². The lowest BCUT2D eigenvalue weighted by Crippen LogP contribution is -2.40. The molecule has 1 aromatic carbocycles. The molecule has 1 aliphatic rings. The largest absolute Gasteiger partial charge is 0.309 e. The Bertz CT molecular complexity index is 661. The van der Waals surface area contributed by atoms with Gasteiger partial charge in [0.05, 0.1) is 4.92 Å². The van der Waals surface area contributed by atoms with Gasteiger partial charge in [-0.15, -0.1) is 11.3 Å². The summed E-state index contributed by atoms with van der Waals surface area (Å²) < 4.78 is 0. The fourth-order valence-corrected chi connectivity index (χ4v) is 3.80. The van der Waals surface area contributed by atoms with Crippen LogP contribution in [0.25, 0.3) is 10.4 Å². The molecule has 0 saturated carbocycles. The summed E-state index contributed by atoms with van der Waals surface area (Å²) in [7, 11) is 2.17. The van der Waals surface area contributed by atoms with Crippen LogP contribution in [0.4, 0.5) is 5.69 Å². The molecule has 0 radical (unpaired) electrons. The quantitative estimate of drug-likeness (QED) is 0.673.